The van der Waals surface area contributed by atoms with Gasteiger partial charge in [0.2, 0.25) is 0 Å². The van der Waals surface area contributed by atoms with Crippen molar-refractivity contribution in [3.8, 4) is 33.6 Å². The predicted molar refractivity (Wildman–Crippen MR) is 186 cm³/mol. The third kappa shape index (κ3) is 3.82. The van der Waals surface area contributed by atoms with Gasteiger partial charge < -0.3 is 9.13 Å². The van der Waals surface area contributed by atoms with E-state index in [1.807, 2.05) is 42.5 Å². The molecule has 0 N–H and O–H groups in total. The Bertz CT molecular complexity index is 2730. The summed E-state index contributed by atoms with van der Waals surface area (Å²) in [5, 5.41) is 4.31. The monoisotopic (exact) mass is 565 g/mol. The largest absolute Gasteiger partial charge is 0.309 e. The topological polar surface area (TPSA) is 9.86 Å². The maximum Gasteiger partial charge on any atom is 0.0629 e. The number of nitrogens with zero attached hydrogens (tertiary/aromatic N) is 2. The number of fused-ring (bicyclic) bond motifs is 6. The van der Waals surface area contributed by atoms with Crippen molar-refractivity contribution in [1.82, 2.24) is 9.13 Å². The van der Waals surface area contributed by atoms with Gasteiger partial charge in [0.1, 0.15) is 0 Å². The standard InChI is InChI=1S/C42H28N2/c1-4-12-29(13-5-1)30-20-23-41-37(26-30)38-28-32(22-25-42(38)44(41)34-16-8-3-9-17-34)31-21-24-40-36(27-31)35-18-10-11-19-39(35)43(40)33-14-6-2-7-15-33/h1-28H/i1D,4D,5D,12D,13D. The lowest BCUT2D eigenvalue weighted by Crippen LogP contribution is -1.93. The highest BCUT2D eigenvalue weighted by molar-refractivity contribution is 6.13. The van der Waals surface area contributed by atoms with Gasteiger partial charge in [0.15, 0.2) is 0 Å². The molecule has 0 aliphatic carbocycles. The van der Waals surface area contributed by atoms with Gasteiger partial charge >= 0.3 is 0 Å². The molecule has 0 radical (unpaired) electrons. The Morgan fingerprint density at radius 3 is 1.27 bits per heavy atom. The fourth-order valence-corrected chi connectivity index (χ4v) is 6.62. The second-order valence-electron chi connectivity index (χ2n) is 11.1. The second-order valence-corrected chi connectivity index (χ2v) is 11.1. The fourth-order valence-electron chi connectivity index (χ4n) is 6.62. The van der Waals surface area contributed by atoms with Crippen LogP contribution in [0.25, 0.3) is 77.2 Å². The number of benzene rings is 7. The van der Waals surface area contributed by atoms with E-state index in [2.05, 4.69) is 106 Å². The van der Waals surface area contributed by atoms with Crippen molar-refractivity contribution < 1.29 is 6.85 Å². The van der Waals surface area contributed by atoms with E-state index in [1.54, 1.807) is 0 Å². The van der Waals surface area contributed by atoms with Crippen LogP contribution in [-0.2, 0) is 0 Å². The highest BCUT2D eigenvalue weighted by Gasteiger charge is 2.16. The van der Waals surface area contributed by atoms with Crippen molar-refractivity contribution in [3.05, 3.63) is 170 Å². The van der Waals surface area contributed by atoms with Crippen molar-refractivity contribution in [2.45, 2.75) is 0 Å². The molecule has 2 heteroatoms. The Morgan fingerprint density at radius 2 is 0.750 bits per heavy atom. The molecule has 0 fully saturated rings. The van der Waals surface area contributed by atoms with E-state index in [9.17, 15) is 0 Å². The first kappa shape index (κ1) is 20.1. The summed E-state index contributed by atoms with van der Waals surface area (Å²) < 4.78 is 46.4. The highest BCUT2D eigenvalue weighted by atomic mass is 15.0. The van der Waals surface area contributed by atoms with E-state index in [1.165, 1.54) is 10.8 Å². The molecule has 2 nitrogen and oxygen atoms in total. The van der Waals surface area contributed by atoms with Crippen LogP contribution in [0.2, 0.25) is 0 Å². The SMILES string of the molecule is [2H]c1c([2H])c([2H])c(-c2ccc3c(c2)c2cc(-c4ccc5c(c4)c4ccccc4n5-c4ccccc4)ccc2n3-c2ccccc2)c([2H])c1[2H]. The van der Waals surface area contributed by atoms with Crippen molar-refractivity contribution in [2.24, 2.45) is 0 Å². The van der Waals surface area contributed by atoms with Gasteiger partial charge in [0, 0.05) is 32.9 Å². The molecule has 0 bridgehead atoms. The predicted octanol–water partition coefficient (Wildman–Crippen LogP) is 11.2. The van der Waals surface area contributed by atoms with Crippen LogP contribution in [0.1, 0.15) is 6.85 Å². The number of hydrogen-bond acceptors (Lipinski definition) is 0. The smallest absolute Gasteiger partial charge is 0.0629 e. The quantitative estimate of drug-likeness (QED) is 0.201. The summed E-state index contributed by atoms with van der Waals surface area (Å²) in [5.74, 6) is 0. The number of aromatic nitrogens is 2. The average molecular weight is 566 g/mol. The average Bonchev–Trinajstić information content (AvgIpc) is 3.66. The summed E-state index contributed by atoms with van der Waals surface area (Å²) >= 11 is 0. The number of hydrogen-bond donors (Lipinski definition) is 0. The van der Waals surface area contributed by atoms with Crippen molar-refractivity contribution in [1.29, 1.82) is 0 Å². The van der Waals surface area contributed by atoms with Crippen LogP contribution < -0.4 is 0 Å². The fraction of sp³-hybridized carbons (Fsp3) is 0. The molecule has 0 spiro atoms. The van der Waals surface area contributed by atoms with Crippen LogP contribution in [0.5, 0.6) is 0 Å². The van der Waals surface area contributed by atoms with Crippen LogP contribution in [-0.4, -0.2) is 9.13 Å². The molecular weight excluding hydrogens is 532 g/mol. The van der Waals surface area contributed by atoms with E-state index in [-0.39, 0.29) is 29.7 Å². The Hall–Kier alpha value is -5.86. The molecule has 0 atom stereocenters. The minimum absolute atomic E-state index is 0.199. The third-order valence-corrected chi connectivity index (χ3v) is 8.59. The zero-order valence-corrected chi connectivity index (χ0v) is 23.7. The lowest BCUT2D eigenvalue weighted by atomic mass is 9.99. The van der Waals surface area contributed by atoms with Crippen LogP contribution >= 0.6 is 0 Å². The third-order valence-electron chi connectivity index (χ3n) is 8.59. The molecule has 0 amide bonds. The molecule has 2 aromatic heterocycles. The Morgan fingerprint density at radius 1 is 0.341 bits per heavy atom. The van der Waals surface area contributed by atoms with Gasteiger partial charge in [-0.2, -0.15) is 0 Å². The van der Waals surface area contributed by atoms with E-state index in [4.69, 9.17) is 6.85 Å². The van der Waals surface area contributed by atoms with E-state index < -0.39 is 6.04 Å². The number of rotatable bonds is 4. The maximum atomic E-state index is 8.63. The molecule has 0 aliphatic heterocycles. The summed E-state index contributed by atoms with van der Waals surface area (Å²) in [6.45, 7) is 0. The van der Waals surface area contributed by atoms with Crippen LogP contribution in [0.4, 0.5) is 0 Å². The van der Waals surface area contributed by atoms with Crippen molar-refractivity contribution in [2.75, 3.05) is 0 Å². The molecule has 0 saturated carbocycles. The minimum atomic E-state index is -0.394. The van der Waals surface area contributed by atoms with Gasteiger partial charge in [-0.25, -0.2) is 0 Å². The highest BCUT2D eigenvalue weighted by Crippen LogP contribution is 2.39. The van der Waals surface area contributed by atoms with Gasteiger partial charge in [-0.15, -0.1) is 0 Å². The molecule has 2 heterocycles. The van der Waals surface area contributed by atoms with Gasteiger partial charge in [0.05, 0.1) is 28.9 Å². The van der Waals surface area contributed by atoms with Crippen molar-refractivity contribution >= 4 is 43.6 Å². The molecule has 206 valence electrons. The van der Waals surface area contributed by atoms with Crippen LogP contribution in [0.15, 0.2) is 170 Å². The zero-order valence-electron chi connectivity index (χ0n) is 28.7. The molecule has 0 unspecified atom stereocenters. The Kier molecular flexibility index (Phi) is 4.51. The van der Waals surface area contributed by atoms with Crippen LogP contribution in [0, 0.1) is 0 Å². The van der Waals surface area contributed by atoms with Gasteiger partial charge in [-0.1, -0.05) is 103 Å². The summed E-state index contributed by atoms with van der Waals surface area (Å²) in [6, 6.07) is 46.6. The van der Waals surface area contributed by atoms with E-state index >= 15 is 0 Å². The minimum Gasteiger partial charge on any atom is -0.309 e. The lowest BCUT2D eigenvalue weighted by Gasteiger charge is -2.09. The van der Waals surface area contributed by atoms with Gasteiger partial charge in [-0.3, -0.25) is 0 Å². The second kappa shape index (κ2) is 9.86. The molecule has 0 saturated heterocycles. The molecule has 9 rings (SSSR count). The first-order valence-electron chi connectivity index (χ1n) is 17.2. The van der Waals surface area contributed by atoms with Gasteiger partial charge in [0.25, 0.3) is 0 Å². The summed E-state index contributed by atoms with van der Waals surface area (Å²) in [7, 11) is 0. The summed E-state index contributed by atoms with van der Waals surface area (Å²) in [6.07, 6.45) is 0. The molecule has 7 aromatic carbocycles. The van der Waals surface area contributed by atoms with E-state index in [0.29, 0.717) is 5.56 Å². The molecule has 0 aliphatic rings. The first-order chi connectivity index (χ1) is 23.9. The normalized spacial score (nSPS) is 13.2. The number of para-hydroxylation sites is 3. The molecule has 44 heavy (non-hydrogen) atoms. The van der Waals surface area contributed by atoms with Crippen LogP contribution in [0.3, 0.4) is 0 Å². The Labute approximate surface area is 262 Å². The summed E-state index contributed by atoms with van der Waals surface area (Å²) in [4.78, 5) is 0. The molecule has 9 aromatic rings. The van der Waals surface area contributed by atoms with Gasteiger partial charge in [-0.05, 0) is 89.0 Å². The van der Waals surface area contributed by atoms with E-state index in [0.717, 1.165) is 55.3 Å². The first-order valence-corrected chi connectivity index (χ1v) is 14.7. The van der Waals surface area contributed by atoms with Crippen molar-refractivity contribution in [3.63, 3.8) is 0 Å². The maximum absolute atomic E-state index is 8.63. The zero-order chi connectivity index (χ0) is 33.4. The summed E-state index contributed by atoms with van der Waals surface area (Å²) in [5.41, 5.74) is 9.35. The lowest BCUT2D eigenvalue weighted by molar-refractivity contribution is 1.18. The Balaban J connectivity index is 1.29. The molecular formula is C42H28N2.